The number of hydrogen-bond donors (Lipinski definition) is 0. The predicted octanol–water partition coefficient (Wildman–Crippen LogP) is 4.24. The second kappa shape index (κ2) is 4.97. The minimum absolute atomic E-state index is 0.650. The fourth-order valence-electron chi connectivity index (χ4n) is 2.16. The molecule has 1 aromatic carbocycles. The highest BCUT2D eigenvalue weighted by molar-refractivity contribution is 5.29. The molecule has 1 aliphatic carbocycles. The Morgan fingerprint density at radius 2 is 2.07 bits per heavy atom. The Kier molecular flexibility index (Phi) is 3.39. The van der Waals surface area contributed by atoms with Crippen LogP contribution >= 0.6 is 0 Å². The summed E-state index contributed by atoms with van der Waals surface area (Å²) in [6, 6.07) is 8.97. The standard InChI is InChI=1S/C15H18/c1-2-6-13-9-11-15(12-10-13)14-7-4-3-5-8-14/h2,4,7,9-12,14H,1,3,5-6,8H2. The van der Waals surface area contributed by atoms with Crippen molar-refractivity contribution in [1.29, 1.82) is 0 Å². The van der Waals surface area contributed by atoms with Crippen LogP contribution in [0.1, 0.15) is 36.3 Å². The van der Waals surface area contributed by atoms with Crippen LogP contribution in [0.25, 0.3) is 0 Å². The first-order chi connectivity index (χ1) is 7.40. The molecular formula is C15H18. The van der Waals surface area contributed by atoms with Crippen molar-refractivity contribution in [1.82, 2.24) is 0 Å². The zero-order chi connectivity index (χ0) is 10.5. The Hall–Kier alpha value is -1.30. The van der Waals surface area contributed by atoms with E-state index in [1.807, 2.05) is 6.08 Å². The predicted molar refractivity (Wildman–Crippen MR) is 66.1 cm³/mol. The molecule has 0 spiro atoms. The first-order valence-corrected chi connectivity index (χ1v) is 5.76. The maximum atomic E-state index is 3.76. The molecule has 1 aliphatic rings. The third-order valence-corrected chi connectivity index (χ3v) is 3.04. The van der Waals surface area contributed by atoms with Gasteiger partial charge in [-0.2, -0.15) is 0 Å². The van der Waals surface area contributed by atoms with Gasteiger partial charge in [0, 0.05) is 5.92 Å². The molecule has 0 heterocycles. The summed E-state index contributed by atoms with van der Waals surface area (Å²) in [5.41, 5.74) is 2.81. The zero-order valence-corrected chi connectivity index (χ0v) is 9.15. The quantitative estimate of drug-likeness (QED) is 0.637. The maximum Gasteiger partial charge on any atom is 0.00180 e. The highest BCUT2D eigenvalue weighted by atomic mass is 14.1. The van der Waals surface area contributed by atoms with Crippen LogP contribution in [0.2, 0.25) is 0 Å². The molecule has 0 N–H and O–H groups in total. The second-order valence-electron chi connectivity index (χ2n) is 4.20. The van der Waals surface area contributed by atoms with E-state index in [-0.39, 0.29) is 0 Å². The highest BCUT2D eigenvalue weighted by Gasteiger charge is 2.10. The van der Waals surface area contributed by atoms with Gasteiger partial charge >= 0.3 is 0 Å². The number of hydrogen-bond acceptors (Lipinski definition) is 0. The molecule has 0 aromatic heterocycles. The van der Waals surface area contributed by atoms with Crippen LogP contribution in [0.3, 0.4) is 0 Å². The lowest BCUT2D eigenvalue weighted by molar-refractivity contribution is 0.654. The van der Waals surface area contributed by atoms with Crippen molar-refractivity contribution in [3.63, 3.8) is 0 Å². The molecule has 0 radical (unpaired) electrons. The molecule has 15 heavy (non-hydrogen) atoms. The van der Waals surface area contributed by atoms with Gasteiger partial charge in [-0.3, -0.25) is 0 Å². The Morgan fingerprint density at radius 1 is 1.27 bits per heavy atom. The van der Waals surface area contributed by atoms with Crippen LogP contribution < -0.4 is 0 Å². The van der Waals surface area contributed by atoms with Crippen LogP contribution in [0.15, 0.2) is 49.1 Å². The van der Waals surface area contributed by atoms with E-state index in [0.29, 0.717) is 5.92 Å². The zero-order valence-electron chi connectivity index (χ0n) is 9.15. The SMILES string of the molecule is C=CCc1ccc(C2C=CCCC2)cc1. The van der Waals surface area contributed by atoms with Gasteiger partial charge in [0.15, 0.2) is 0 Å². The van der Waals surface area contributed by atoms with Gasteiger partial charge in [0.2, 0.25) is 0 Å². The molecule has 0 amide bonds. The summed E-state index contributed by atoms with van der Waals surface area (Å²) < 4.78 is 0. The van der Waals surface area contributed by atoms with Gasteiger partial charge < -0.3 is 0 Å². The van der Waals surface area contributed by atoms with E-state index in [9.17, 15) is 0 Å². The van der Waals surface area contributed by atoms with E-state index in [1.165, 1.54) is 30.4 Å². The van der Waals surface area contributed by atoms with Gasteiger partial charge in [-0.25, -0.2) is 0 Å². The lowest BCUT2D eigenvalue weighted by atomic mass is 9.89. The molecule has 0 fully saturated rings. The lowest BCUT2D eigenvalue weighted by Gasteiger charge is -2.16. The topological polar surface area (TPSA) is 0 Å². The Balaban J connectivity index is 2.11. The largest absolute Gasteiger partial charge is 0.103 e. The van der Waals surface area contributed by atoms with Crippen molar-refractivity contribution in [2.24, 2.45) is 0 Å². The summed E-state index contributed by atoms with van der Waals surface area (Å²) in [6.45, 7) is 3.76. The molecule has 0 saturated carbocycles. The third kappa shape index (κ3) is 2.59. The first-order valence-electron chi connectivity index (χ1n) is 5.76. The number of rotatable bonds is 3. The summed E-state index contributed by atoms with van der Waals surface area (Å²) in [5, 5.41) is 0. The minimum atomic E-state index is 0.650. The van der Waals surface area contributed by atoms with Gasteiger partial charge in [-0.1, -0.05) is 42.5 Å². The minimum Gasteiger partial charge on any atom is -0.103 e. The summed E-state index contributed by atoms with van der Waals surface area (Å²) in [4.78, 5) is 0. The van der Waals surface area contributed by atoms with Crippen LogP contribution in [0.5, 0.6) is 0 Å². The number of allylic oxidation sites excluding steroid dienone is 3. The molecule has 0 heteroatoms. The summed E-state index contributed by atoms with van der Waals surface area (Å²) in [6.07, 6.45) is 11.5. The smallest absolute Gasteiger partial charge is 0.00180 e. The maximum absolute atomic E-state index is 3.76. The average Bonchev–Trinajstić information content (AvgIpc) is 2.32. The second-order valence-corrected chi connectivity index (χ2v) is 4.20. The van der Waals surface area contributed by atoms with Crippen LogP contribution in [-0.2, 0) is 6.42 Å². The van der Waals surface area contributed by atoms with E-state index in [4.69, 9.17) is 0 Å². The molecule has 0 bridgehead atoms. The van der Waals surface area contributed by atoms with E-state index >= 15 is 0 Å². The van der Waals surface area contributed by atoms with Crippen LogP contribution in [-0.4, -0.2) is 0 Å². The van der Waals surface area contributed by atoms with Crippen molar-refractivity contribution < 1.29 is 0 Å². The molecule has 1 atom stereocenters. The lowest BCUT2D eigenvalue weighted by Crippen LogP contribution is -1.99. The average molecular weight is 198 g/mol. The van der Waals surface area contributed by atoms with Crippen molar-refractivity contribution in [2.45, 2.75) is 31.6 Å². The molecule has 1 aromatic rings. The Morgan fingerprint density at radius 3 is 2.67 bits per heavy atom. The van der Waals surface area contributed by atoms with Crippen molar-refractivity contribution in [3.8, 4) is 0 Å². The van der Waals surface area contributed by atoms with Crippen molar-refractivity contribution >= 4 is 0 Å². The molecular weight excluding hydrogens is 180 g/mol. The fourth-order valence-corrected chi connectivity index (χ4v) is 2.16. The molecule has 0 nitrogen and oxygen atoms in total. The fraction of sp³-hybridized carbons (Fsp3) is 0.333. The van der Waals surface area contributed by atoms with Crippen molar-refractivity contribution in [2.75, 3.05) is 0 Å². The summed E-state index contributed by atoms with van der Waals surface area (Å²) in [5.74, 6) is 0.650. The van der Waals surface area contributed by atoms with Gasteiger partial charge in [0.1, 0.15) is 0 Å². The highest BCUT2D eigenvalue weighted by Crippen LogP contribution is 2.27. The van der Waals surface area contributed by atoms with Gasteiger partial charge in [0.05, 0.1) is 0 Å². The first kappa shape index (κ1) is 10.2. The van der Waals surface area contributed by atoms with Crippen molar-refractivity contribution in [3.05, 3.63) is 60.2 Å². The Bertz CT molecular complexity index is 343. The summed E-state index contributed by atoms with van der Waals surface area (Å²) in [7, 11) is 0. The monoisotopic (exact) mass is 198 g/mol. The van der Waals surface area contributed by atoms with Crippen LogP contribution in [0, 0.1) is 0 Å². The van der Waals surface area contributed by atoms with E-state index in [0.717, 1.165) is 6.42 Å². The number of benzene rings is 1. The molecule has 2 rings (SSSR count). The van der Waals surface area contributed by atoms with Gasteiger partial charge in [-0.05, 0) is 36.8 Å². The molecule has 1 unspecified atom stereocenters. The molecule has 78 valence electrons. The van der Waals surface area contributed by atoms with E-state index in [1.54, 1.807) is 0 Å². The van der Waals surface area contributed by atoms with E-state index in [2.05, 4.69) is 43.0 Å². The van der Waals surface area contributed by atoms with E-state index < -0.39 is 0 Å². The molecule has 0 saturated heterocycles. The third-order valence-electron chi connectivity index (χ3n) is 3.04. The molecule has 0 aliphatic heterocycles. The van der Waals surface area contributed by atoms with Gasteiger partial charge in [0.25, 0.3) is 0 Å². The normalized spacial score (nSPS) is 20.1. The van der Waals surface area contributed by atoms with Gasteiger partial charge in [-0.15, -0.1) is 6.58 Å². The van der Waals surface area contributed by atoms with Crippen LogP contribution in [0.4, 0.5) is 0 Å². The summed E-state index contributed by atoms with van der Waals surface area (Å²) >= 11 is 0. The Labute approximate surface area is 92.3 Å².